The molecule has 1 saturated heterocycles. The summed E-state index contributed by atoms with van der Waals surface area (Å²) in [6.45, 7) is 2.08. The maximum atomic E-state index is 12.0. The summed E-state index contributed by atoms with van der Waals surface area (Å²) in [6, 6.07) is 3.75. The molecular formula is C14H14ClN5O. The molecule has 6 nitrogen and oxygen atoms in total. The first kappa shape index (κ1) is 13.8. The first-order valence-corrected chi connectivity index (χ1v) is 7.10. The average molecular weight is 304 g/mol. The summed E-state index contributed by atoms with van der Waals surface area (Å²) in [4.78, 5) is 26.3. The molecule has 0 spiro atoms. The number of pyridine rings is 1. The fourth-order valence-electron chi connectivity index (χ4n) is 2.22. The zero-order valence-corrected chi connectivity index (χ0v) is 12.0. The minimum absolute atomic E-state index is 0.211. The highest BCUT2D eigenvalue weighted by Gasteiger charge is 2.13. The third kappa shape index (κ3) is 3.28. The summed E-state index contributed by atoms with van der Waals surface area (Å²) >= 11 is 5.64. The summed E-state index contributed by atoms with van der Waals surface area (Å²) in [7, 11) is 0. The number of aromatic nitrogens is 3. The summed E-state index contributed by atoms with van der Waals surface area (Å²) < 4.78 is 0. The largest absolute Gasteiger partial charge is 0.357 e. The lowest BCUT2D eigenvalue weighted by molar-refractivity contribution is 0.102. The Morgan fingerprint density at radius 2 is 1.90 bits per heavy atom. The van der Waals surface area contributed by atoms with Crippen molar-refractivity contribution >= 4 is 29.0 Å². The Bertz CT molecular complexity index is 623. The van der Waals surface area contributed by atoms with Crippen molar-refractivity contribution in [1.82, 2.24) is 15.0 Å². The Morgan fingerprint density at radius 1 is 1.10 bits per heavy atom. The number of nitrogens with zero attached hydrogens (tertiary/aromatic N) is 4. The normalized spacial score (nSPS) is 14.2. The van der Waals surface area contributed by atoms with E-state index in [0.29, 0.717) is 5.69 Å². The molecule has 0 aliphatic carbocycles. The second-order valence-corrected chi connectivity index (χ2v) is 5.16. The summed E-state index contributed by atoms with van der Waals surface area (Å²) in [5.74, 6) is 0.603. The lowest BCUT2D eigenvalue weighted by Crippen LogP contribution is -2.19. The molecule has 0 saturated carbocycles. The fraction of sp³-hybridized carbons (Fsp3) is 0.286. The summed E-state index contributed by atoms with van der Waals surface area (Å²) in [5, 5.41) is 2.98. The number of carbonyl (C=O) groups is 1. The van der Waals surface area contributed by atoms with Crippen LogP contribution in [0.1, 0.15) is 23.3 Å². The van der Waals surface area contributed by atoms with Crippen LogP contribution < -0.4 is 10.2 Å². The highest BCUT2D eigenvalue weighted by Crippen LogP contribution is 2.19. The van der Waals surface area contributed by atoms with Gasteiger partial charge in [0.2, 0.25) is 0 Å². The van der Waals surface area contributed by atoms with Crippen LogP contribution in [0.3, 0.4) is 0 Å². The quantitative estimate of drug-likeness (QED) is 0.942. The standard InChI is InChI=1S/C14H14ClN5O/c15-12-9-16-11(8-17-12)14(21)19-10-3-4-13(18-7-10)20-5-1-2-6-20/h3-4,7-9H,1-2,5-6H2,(H,19,21). The molecule has 0 atom stereocenters. The van der Waals surface area contributed by atoms with E-state index in [9.17, 15) is 4.79 Å². The van der Waals surface area contributed by atoms with E-state index in [-0.39, 0.29) is 16.8 Å². The monoisotopic (exact) mass is 303 g/mol. The van der Waals surface area contributed by atoms with E-state index < -0.39 is 0 Å². The van der Waals surface area contributed by atoms with Gasteiger partial charge in [-0.15, -0.1) is 0 Å². The topological polar surface area (TPSA) is 71.0 Å². The molecule has 1 fully saturated rings. The molecule has 2 aromatic rings. The number of carbonyl (C=O) groups excluding carboxylic acids is 1. The lowest BCUT2D eigenvalue weighted by atomic mass is 10.3. The van der Waals surface area contributed by atoms with Gasteiger partial charge in [0.15, 0.2) is 0 Å². The predicted molar refractivity (Wildman–Crippen MR) is 80.7 cm³/mol. The van der Waals surface area contributed by atoms with Crippen LogP contribution in [0.2, 0.25) is 5.15 Å². The maximum absolute atomic E-state index is 12.0. The first-order valence-electron chi connectivity index (χ1n) is 6.72. The van der Waals surface area contributed by atoms with Crippen molar-refractivity contribution in [2.45, 2.75) is 12.8 Å². The molecule has 1 aliphatic rings. The molecule has 3 heterocycles. The van der Waals surface area contributed by atoms with Gasteiger partial charge >= 0.3 is 0 Å². The van der Waals surface area contributed by atoms with Crippen molar-refractivity contribution < 1.29 is 4.79 Å². The molecule has 3 rings (SSSR count). The third-order valence-corrected chi connectivity index (χ3v) is 3.48. The van der Waals surface area contributed by atoms with Gasteiger partial charge in [-0.25, -0.2) is 15.0 Å². The Morgan fingerprint density at radius 3 is 2.52 bits per heavy atom. The molecule has 7 heteroatoms. The molecular weight excluding hydrogens is 290 g/mol. The Balaban J connectivity index is 1.67. The zero-order valence-electron chi connectivity index (χ0n) is 11.3. The van der Waals surface area contributed by atoms with Crippen LogP contribution >= 0.6 is 11.6 Å². The van der Waals surface area contributed by atoms with Crippen molar-refractivity contribution in [3.8, 4) is 0 Å². The molecule has 0 aromatic carbocycles. The molecule has 0 unspecified atom stereocenters. The number of hydrogen-bond acceptors (Lipinski definition) is 5. The number of rotatable bonds is 3. The number of hydrogen-bond donors (Lipinski definition) is 1. The van der Waals surface area contributed by atoms with E-state index in [0.717, 1.165) is 18.9 Å². The van der Waals surface area contributed by atoms with E-state index in [1.54, 1.807) is 6.20 Å². The SMILES string of the molecule is O=C(Nc1ccc(N2CCCC2)nc1)c1cnc(Cl)cn1. The van der Waals surface area contributed by atoms with E-state index in [1.165, 1.54) is 25.2 Å². The molecule has 1 N–H and O–H groups in total. The van der Waals surface area contributed by atoms with Gasteiger partial charge in [-0.3, -0.25) is 4.79 Å². The number of anilines is 2. The summed E-state index contributed by atoms with van der Waals surface area (Å²) in [6.07, 6.45) is 6.73. The van der Waals surface area contributed by atoms with Gasteiger partial charge in [0, 0.05) is 13.1 Å². The van der Waals surface area contributed by atoms with E-state index in [1.807, 2.05) is 12.1 Å². The minimum atomic E-state index is -0.338. The second kappa shape index (κ2) is 6.05. The number of nitrogens with one attached hydrogen (secondary N) is 1. The smallest absolute Gasteiger partial charge is 0.275 e. The van der Waals surface area contributed by atoms with Crippen LogP contribution in [0.4, 0.5) is 11.5 Å². The van der Waals surface area contributed by atoms with Crippen LogP contribution in [-0.2, 0) is 0 Å². The van der Waals surface area contributed by atoms with Crippen molar-refractivity contribution in [1.29, 1.82) is 0 Å². The van der Waals surface area contributed by atoms with Gasteiger partial charge < -0.3 is 10.2 Å². The molecule has 0 bridgehead atoms. The van der Waals surface area contributed by atoms with Crippen LogP contribution in [0, 0.1) is 0 Å². The average Bonchev–Trinajstić information content (AvgIpc) is 3.03. The second-order valence-electron chi connectivity index (χ2n) is 4.78. The lowest BCUT2D eigenvalue weighted by Gasteiger charge is -2.16. The molecule has 1 amide bonds. The van der Waals surface area contributed by atoms with Crippen molar-refractivity contribution in [3.63, 3.8) is 0 Å². The third-order valence-electron chi connectivity index (χ3n) is 3.29. The number of amides is 1. The van der Waals surface area contributed by atoms with E-state index in [2.05, 4.69) is 25.2 Å². The number of halogens is 1. The van der Waals surface area contributed by atoms with Crippen molar-refractivity contribution in [2.75, 3.05) is 23.3 Å². The van der Waals surface area contributed by atoms with Gasteiger partial charge in [0.1, 0.15) is 16.7 Å². The zero-order chi connectivity index (χ0) is 14.7. The van der Waals surface area contributed by atoms with Crippen LogP contribution in [0.15, 0.2) is 30.7 Å². The Labute approximate surface area is 127 Å². The van der Waals surface area contributed by atoms with Gasteiger partial charge in [0.25, 0.3) is 5.91 Å². The van der Waals surface area contributed by atoms with Gasteiger partial charge in [0.05, 0.1) is 24.3 Å². The Hall–Kier alpha value is -2.21. The van der Waals surface area contributed by atoms with Gasteiger partial charge in [-0.05, 0) is 25.0 Å². The van der Waals surface area contributed by atoms with Crippen LogP contribution in [0.25, 0.3) is 0 Å². The van der Waals surface area contributed by atoms with Gasteiger partial charge in [-0.2, -0.15) is 0 Å². The van der Waals surface area contributed by atoms with Crippen molar-refractivity contribution in [2.24, 2.45) is 0 Å². The molecule has 108 valence electrons. The molecule has 21 heavy (non-hydrogen) atoms. The predicted octanol–water partition coefficient (Wildman–Crippen LogP) is 2.38. The highest BCUT2D eigenvalue weighted by molar-refractivity contribution is 6.29. The molecule has 0 radical (unpaired) electrons. The molecule has 2 aromatic heterocycles. The van der Waals surface area contributed by atoms with E-state index in [4.69, 9.17) is 11.6 Å². The van der Waals surface area contributed by atoms with Crippen molar-refractivity contribution in [3.05, 3.63) is 41.6 Å². The van der Waals surface area contributed by atoms with Gasteiger partial charge in [-0.1, -0.05) is 11.6 Å². The Kier molecular flexibility index (Phi) is 3.96. The minimum Gasteiger partial charge on any atom is -0.357 e. The summed E-state index contributed by atoms with van der Waals surface area (Å²) in [5.41, 5.74) is 0.836. The fourth-order valence-corrected chi connectivity index (χ4v) is 2.32. The first-order chi connectivity index (χ1) is 10.2. The van der Waals surface area contributed by atoms with Crippen LogP contribution in [0.5, 0.6) is 0 Å². The maximum Gasteiger partial charge on any atom is 0.275 e. The van der Waals surface area contributed by atoms with Crippen LogP contribution in [-0.4, -0.2) is 33.9 Å². The highest BCUT2D eigenvalue weighted by atomic mass is 35.5. The van der Waals surface area contributed by atoms with E-state index >= 15 is 0 Å². The molecule has 1 aliphatic heterocycles.